The first-order valence-electron chi connectivity index (χ1n) is 18.3. The van der Waals surface area contributed by atoms with Crippen LogP contribution in [0.3, 0.4) is 0 Å². The second kappa shape index (κ2) is 14.2. The van der Waals surface area contributed by atoms with E-state index in [2.05, 4.69) is 5.43 Å². The van der Waals surface area contributed by atoms with Gasteiger partial charge in [-0.15, -0.1) is 0 Å². The number of benzene rings is 4. The van der Waals surface area contributed by atoms with Gasteiger partial charge in [0.2, 0.25) is 11.8 Å². The first-order chi connectivity index (χ1) is 27.0. The van der Waals surface area contributed by atoms with Crippen molar-refractivity contribution in [3.63, 3.8) is 0 Å². The molecule has 4 aromatic carbocycles. The molecular weight excluding hydrogens is 757 g/mol. The normalized spacial score (nSPS) is 25.4. The number of ether oxygens (including phenoxy) is 3. The summed E-state index contributed by atoms with van der Waals surface area (Å²) in [6.07, 6.45) is 3.03. The molecule has 13 heteroatoms. The maximum atomic E-state index is 15.6. The predicted octanol–water partition coefficient (Wildman–Crippen LogP) is 7.48. The molecule has 0 bridgehead atoms. The number of amides is 4. The molecule has 6 atom stereocenters. The molecule has 0 radical (unpaired) electrons. The van der Waals surface area contributed by atoms with Gasteiger partial charge >= 0.3 is 0 Å². The molecule has 4 aromatic rings. The Balaban J connectivity index is 1.37. The van der Waals surface area contributed by atoms with E-state index in [4.69, 9.17) is 37.4 Å². The number of carbonyl (C=O) groups excluding carboxylic acids is 4. The van der Waals surface area contributed by atoms with Crippen LogP contribution in [0.4, 0.5) is 11.4 Å². The van der Waals surface area contributed by atoms with Crippen LogP contribution in [0.25, 0.3) is 0 Å². The van der Waals surface area contributed by atoms with E-state index in [9.17, 15) is 14.7 Å². The summed E-state index contributed by atoms with van der Waals surface area (Å²) in [6.45, 7) is 2.03. The SMILES string of the molecule is CCc1ccc(N2C(=O)C3CC=C4C(CC5C(=O)N(Nc6ccc(Cl)cc6Cl)C(=O)C5(c5ccc(OC)cc5)C4c4c(OC)cc(O)cc4OC)C3C2=O)cc1. The van der Waals surface area contributed by atoms with Gasteiger partial charge in [-0.25, -0.2) is 0 Å². The monoisotopic (exact) mass is 795 g/mol. The quantitative estimate of drug-likeness (QED) is 0.131. The molecule has 0 aromatic heterocycles. The Morgan fingerprint density at radius 2 is 1.50 bits per heavy atom. The smallest absolute Gasteiger partial charge is 0.260 e. The van der Waals surface area contributed by atoms with Crippen LogP contribution >= 0.6 is 23.2 Å². The molecule has 11 nitrogen and oxygen atoms in total. The van der Waals surface area contributed by atoms with E-state index in [0.717, 1.165) is 17.0 Å². The molecule has 2 aliphatic carbocycles. The number of nitrogens with one attached hydrogen (secondary N) is 1. The number of phenols is 1. The topological polar surface area (TPSA) is 135 Å². The number of fused-ring (bicyclic) bond motifs is 4. The highest BCUT2D eigenvalue weighted by Crippen LogP contribution is 2.66. The third-order valence-corrected chi connectivity index (χ3v) is 12.5. The molecule has 2 aliphatic heterocycles. The van der Waals surface area contributed by atoms with Crippen molar-refractivity contribution in [2.24, 2.45) is 23.7 Å². The van der Waals surface area contributed by atoms with E-state index in [0.29, 0.717) is 33.2 Å². The number of aryl methyl sites for hydroxylation is 1. The van der Waals surface area contributed by atoms with E-state index in [-0.39, 0.29) is 52.6 Å². The number of allylic oxidation sites excluding steroid dienone is 2. The fraction of sp³-hybridized carbons (Fsp3) is 0.302. The Morgan fingerprint density at radius 1 is 0.821 bits per heavy atom. The van der Waals surface area contributed by atoms with Crippen LogP contribution in [0.1, 0.15) is 42.4 Å². The first kappa shape index (κ1) is 37.4. The maximum absolute atomic E-state index is 15.6. The molecule has 56 heavy (non-hydrogen) atoms. The number of nitrogens with zero attached hydrogens (tertiary/aromatic N) is 2. The lowest BCUT2D eigenvalue weighted by molar-refractivity contribution is -0.138. The first-order valence-corrected chi connectivity index (χ1v) is 19.1. The van der Waals surface area contributed by atoms with Gasteiger partial charge in [-0.3, -0.25) is 29.5 Å². The lowest BCUT2D eigenvalue weighted by Crippen LogP contribution is -2.53. The summed E-state index contributed by atoms with van der Waals surface area (Å²) in [7, 11) is 4.42. The second-order valence-corrected chi connectivity index (χ2v) is 15.4. The van der Waals surface area contributed by atoms with Gasteiger partial charge in [0.25, 0.3) is 11.8 Å². The molecule has 1 saturated carbocycles. The summed E-state index contributed by atoms with van der Waals surface area (Å²) in [4.78, 5) is 60.9. The summed E-state index contributed by atoms with van der Waals surface area (Å²) in [5.41, 5.74) is 4.76. The summed E-state index contributed by atoms with van der Waals surface area (Å²) in [5, 5.41) is 12.4. The number of anilines is 2. The van der Waals surface area contributed by atoms with Crippen LogP contribution in [0.2, 0.25) is 10.0 Å². The van der Waals surface area contributed by atoms with Gasteiger partial charge < -0.3 is 19.3 Å². The molecule has 6 unspecified atom stereocenters. The van der Waals surface area contributed by atoms with Gasteiger partial charge in [0.1, 0.15) is 23.0 Å². The van der Waals surface area contributed by atoms with Crippen LogP contribution < -0.4 is 24.5 Å². The van der Waals surface area contributed by atoms with Crippen LogP contribution in [0, 0.1) is 23.7 Å². The zero-order valence-electron chi connectivity index (χ0n) is 31.0. The van der Waals surface area contributed by atoms with E-state index >= 15 is 9.59 Å². The minimum atomic E-state index is -1.66. The van der Waals surface area contributed by atoms with Crippen molar-refractivity contribution < 1.29 is 38.5 Å². The number of aromatic hydroxyl groups is 1. The molecular formula is C43H39Cl2N3O8. The highest BCUT2D eigenvalue weighted by molar-refractivity contribution is 6.36. The van der Waals surface area contributed by atoms with Crippen LogP contribution in [0.5, 0.6) is 23.0 Å². The number of hydrogen-bond acceptors (Lipinski definition) is 9. The number of halogens is 2. The zero-order chi connectivity index (χ0) is 39.6. The molecule has 4 amide bonds. The van der Waals surface area contributed by atoms with Gasteiger partial charge in [-0.05, 0) is 78.8 Å². The Hall–Kier alpha value is -5.52. The number of imide groups is 2. The number of carbonyl (C=O) groups is 4. The zero-order valence-corrected chi connectivity index (χ0v) is 32.6. The summed E-state index contributed by atoms with van der Waals surface area (Å²) in [5.74, 6) is -5.21. The molecule has 0 spiro atoms. The average molecular weight is 797 g/mol. The van der Waals surface area contributed by atoms with Crippen molar-refractivity contribution in [1.82, 2.24) is 5.01 Å². The molecule has 2 heterocycles. The second-order valence-electron chi connectivity index (χ2n) is 14.5. The minimum Gasteiger partial charge on any atom is -0.508 e. The molecule has 8 rings (SSSR count). The van der Waals surface area contributed by atoms with E-state index in [1.165, 1.54) is 44.4 Å². The summed E-state index contributed by atoms with van der Waals surface area (Å²) < 4.78 is 17.3. The molecule has 2 saturated heterocycles. The number of methoxy groups -OCH3 is 3. The Bertz CT molecular complexity index is 2290. The number of phenolic OH excluding ortho intramolecular Hbond substituents is 1. The number of hydrazine groups is 1. The largest absolute Gasteiger partial charge is 0.508 e. The Morgan fingerprint density at radius 3 is 2.11 bits per heavy atom. The van der Waals surface area contributed by atoms with Crippen molar-refractivity contribution in [3.8, 4) is 23.0 Å². The molecule has 288 valence electrons. The van der Waals surface area contributed by atoms with E-state index < -0.39 is 46.8 Å². The molecule has 4 aliphatic rings. The molecule has 2 N–H and O–H groups in total. The van der Waals surface area contributed by atoms with Gasteiger partial charge in [0.15, 0.2) is 0 Å². The van der Waals surface area contributed by atoms with Gasteiger partial charge in [-0.2, -0.15) is 5.01 Å². The Kier molecular flexibility index (Phi) is 9.49. The van der Waals surface area contributed by atoms with Crippen molar-refractivity contribution in [1.29, 1.82) is 0 Å². The summed E-state index contributed by atoms with van der Waals surface area (Å²) in [6, 6.07) is 21.9. The van der Waals surface area contributed by atoms with Crippen molar-refractivity contribution in [2.45, 2.75) is 37.5 Å². The number of rotatable bonds is 9. The third kappa shape index (κ3) is 5.54. The standard InChI is InChI=1S/C43H39Cl2N3O8/c1-5-22-6-11-25(12-7-22)47-39(50)29-16-15-28-30(36(29)41(47)52)21-31-40(51)48(46-33-17-10-24(44)18-32(33)45)42(53)43(31,23-8-13-27(54-2)14-9-23)38(28)37-34(55-3)19-26(49)20-35(37)56-4/h6-15,17-20,29-31,36,38,46,49H,5,16,21H2,1-4H3. The van der Waals surface area contributed by atoms with Crippen molar-refractivity contribution in [3.05, 3.63) is 117 Å². The van der Waals surface area contributed by atoms with E-state index in [1.54, 1.807) is 48.5 Å². The lowest BCUT2D eigenvalue weighted by atomic mass is 9.49. The van der Waals surface area contributed by atoms with Gasteiger partial charge in [-0.1, -0.05) is 66.0 Å². The maximum Gasteiger partial charge on any atom is 0.260 e. The molecule has 3 fully saturated rings. The fourth-order valence-electron chi connectivity index (χ4n) is 9.50. The predicted molar refractivity (Wildman–Crippen MR) is 210 cm³/mol. The third-order valence-electron chi connectivity index (χ3n) is 12.0. The highest BCUT2D eigenvalue weighted by atomic mass is 35.5. The van der Waals surface area contributed by atoms with Gasteiger partial charge in [0.05, 0.1) is 60.9 Å². The number of hydrogen-bond donors (Lipinski definition) is 2. The fourth-order valence-corrected chi connectivity index (χ4v) is 9.95. The minimum absolute atomic E-state index is 0.0664. The van der Waals surface area contributed by atoms with Crippen molar-refractivity contribution >= 4 is 58.2 Å². The Labute approximate surface area is 333 Å². The van der Waals surface area contributed by atoms with Crippen LogP contribution in [-0.2, 0) is 31.0 Å². The van der Waals surface area contributed by atoms with Crippen molar-refractivity contribution in [2.75, 3.05) is 31.7 Å². The van der Waals surface area contributed by atoms with E-state index in [1.807, 2.05) is 25.1 Å². The van der Waals surface area contributed by atoms with Crippen LogP contribution in [0.15, 0.2) is 90.5 Å². The summed E-state index contributed by atoms with van der Waals surface area (Å²) >= 11 is 12.8. The lowest BCUT2D eigenvalue weighted by Gasteiger charge is -2.51. The van der Waals surface area contributed by atoms with Crippen LogP contribution in [-0.4, -0.2) is 55.1 Å². The van der Waals surface area contributed by atoms with Gasteiger partial charge in [0, 0.05) is 28.6 Å². The highest BCUT2D eigenvalue weighted by Gasteiger charge is 2.71. The average Bonchev–Trinajstić information content (AvgIpc) is 3.59.